The van der Waals surface area contributed by atoms with E-state index in [4.69, 9.17) is 53.1 Å². The van der Waals surface area contributed by atoms with Crippen LogP contribution < -0.4 is 10.5 Å². The van der Waals surface area contributed by atoms with E-state index in [-0.39, 0.29) is 5.69 Å². The fraction of sp³-hybridized carbons (Fsp3) is 0.769. The molecule has 14 nitrogen and oxygen atoms in total. The Hall–Kier alpha value is -1.98. The molecule has 40 heavy (non-hydrogen) atoms. The highest BCUT2D eigenvalue weighted by atomic mass is 16.6. The summed E-state index contributed by atoms with van der Waals surface area (Å²) in [5.41, 5.74) is 5.35. The number of benzene rings is 1. The molecule has 14 heteroatoms. The van der Waals surface area contributed by atoms with Crippen molar-refractivity contribution in [3.8, 4) is 5.75 Å². The third-order valence-corrected chi connectivity index (χ3v) is 4.78. The van der Waals surface area contributed by atoms with Gasteiger partial charge in [0.1, 0.15) is 12.4 Å². The molecule has 0 amide bonds. The molecular formula is C26H46N2O12. The van der Waals surface area contributed by atoms with Gasteiger partial charge in [0, 0.05) is 18.7 Å². The first kappa shape index (κ1) is 36.0. The van der Waals surface area contributed by atoms with Gasteiger partial charge in [-0.3, -0.25) is 10.1 Å². The Balaban J connectivity index is 1.67. The lowest BCUT2D eigenvalue weighted by Crippen LogP contribution is -2.15. The molecule has 0 aliphatic carbocycles. The second-order valence-electron chi connectivity index (χ2n) is 7.90. The maximum atomic E-state index is 10.6. The Bertz CT molecular complexity index is 684. The third-order valence-electron chi connectivity index (χ3n) is 4.78. The summed E-state index contributed by atoms with van der Waals surface area (Å²) in [7, 11) is 0. The molecule has 1 rings (SSSR count). The lowest BCUT2D eigenvalue weighted by atomic mass is 10.3. The second-order valence-corrected chi connectivity index (χ2v) is 7.90. The highest BCUT2D eigenvalue weighted by Crippen LogP contribution is 2.17. The zero-order valence-corrected chi connectivity index (χ0v) is 23.4. The smallest absolute Gasteiger partial charge is 0.269 e. The molecule has 1 aromatic rings. The number of hydrogen-bond acceptors (Lipinski definition) is 13. The number of nitrogens with zero attached hydrogens (tertiary/aromatic N) is 1. The van der Waals surface area contributed by atoms with Gasteiger partial charge in [-0.25, -0.2) is 0 Å². The SMILES string of the molecule is NCCOCCOCCOCCOCCOCCOCCOCCOCCOCCOc1ccc([N+](=O)[O-])cc1. The van der Waals surface area contributed by atoms with Crippen LogP contribution in [-0.4, -0.2) is 137 Å². The van der Waals surface area contributed by atoms with Crippen LogP contribution in [0.25, 0.3) is 0 Å². The van der Waals surface area contributed by atoms with E-state index in [0.717, 1.165) is 0 Å². The summed E-state index contributed by atoms with van der Waals surface area (Å²) in [6, 6.07) is 5.91. The number of nitro groups is 1. The fourth-order valence-corrected chi connectivity index (χ4v) is 2.83. The monoisotopic (exact) mass is 578 g/mol. The summed E-state index contributed by atoms with van der Waals surface area (Å²) in [5, 5.41) is 10.6. The molecule has 0 unspecified atom stereocenters. The molecule has 0 heterocycles. The molecule has 0 saturated carbocycles. The van der Waals surface area contributed by atoms with Gasteiger partial charge in [0.15, 0.2) is 0 Å². The molecule has 0 atom stereocenters. The van der Waals surface area contributed by atoms with Crippen molar-refractivity contribution in [2.24, 2.45) is 5.73 Å². The van der Waals surface area contributed by atoms with Crippen molar-refractivity contribution in [1.29, 1.82) is 0 Å². The van der Waals surface area contributed by atoms with Crippen LogP contribution in [-0.2, 0) is 42.6 Å². The first-order valence-electron chi connectivity index (χ1n) is 13.5. The first-order valence-corrected chi connectivity index (χ1v) is 13.5. The Morgan fingerprint density at radius 3 is 1.02 bits per heavy atom. The number of rotatable bonds is 31. The van der Waals surface area contributed by atoms with E-state index in [2.05, 4.69) is 0 Å². The van der Waals surface area contributed by atoms with Crippen LogP contribution in [0.5, 0.6) is 5.75 Å². The van der Waals surface area contributed by atoms with Gasteiger partial charge in [-0.05, 0) is 12.1 Å². The summed E-state index contributed by atoms with van der Waals surface area (Å²) >= 11 is 0. The molecule has 0 aromatic heterocycles. The molecule has 0 spiro atoms. The fourth-order valence-electron chi connectivity index (χ4n) is 2.83. The Morgan fingerprint density at radius 2 is 0.750 bits per heavy atom. The maximum Gasteiger partial charge on any atom is 0.269 e. The summed E-state index contributed by atoms with van der Waals surface area (Å²) in [5.74, 6) is 0.557. The zero-order valence-electron chi connectivity index (χ0n) is 23.4. The number of ether oxygens (including phenoxy) is 10. The number of nitro benzene ring substituents is 1. The van der Waals surface area contributed by atoms with Crippen molar-refractivity contribution in [2.45, 2.75) is 0 Å². The maximum absolute atomic E-state index is 10.6. The van der Waals surface area contributed by atoms with E-state index in [9.17, 15) is 10.1 Å². The molecule has 2 N–H and O–H groups in total. The highest BCUT2D eigenvalue weighted by Gasteiger charge is 2.04. The lowest BCUT2D eigenvalue weighted by Gasteiger charge is -2.09. The first-order chi connectivity index (χ1) is 19.7. The van der Waals surface area contributed by atoms with Crippen LogP contribution in [0.2, 0.25) is 0 Å². The third kappa shape index (κ3) is 23.9. The number of nitrogens with two attached hydrogens (primary N) is 1. The molecular weight excluding hydrogens is 532 g/mol. The Kier molecular flexibility index (Phi) is 25.7. The molecule has 0 aliphatic heterocycles. The van der Waals surface area contributed by atoms with Crippen LogP contribution in [0, 0.1) is 10.1 Å². The lowest BCUT2D eigenvalue weighted by molar-refractivity contribution is -0.384. The highest BCUT2D eigenvalue weighted by molar-refractivity contribution is 5.35. The summed E-state index contributed by atoms with van der Waals surface area (Å²) in [4.78, 5) is 10.2. The summed E-state index contributed by atoms with van der Waals surface area (Å²) in [6.07, 6.45) is 0. The van der Waals surface area contributed by atoms with Crippen LogP contribution in [0.15, 0.2) is 24.3 Å². The minimum atomic E-state index is -0.452. The molecule has 0 bridgehead atoms. The van der Waals surface area contributed by atoms with Crippen molar-refractivity contribution in [3.05, 3.63) is 34.4 Å². The van der Waals surface area contributed by atoms with E-state index >= 15 is 0 Å². The van der Waals surface area contributed by atoms with E-state index in [1.165, 1.54) is 12.1 Å². The normalized spacial score (nSPS) is 11.2. The predicted octanol–water partition coefficient (Wildman–Crippen LogP) is 1.08. The van der Waals surface area contributed by atoms with Crippen LogP contribution in [0.3, 0.4) is 0 Å². The van der Waals surface area contributed by atoms with Crippen LogP contribution in [0.4, 0.5) is 5.69 Å². The minimum absolute atomic E-state index is 0.0266. The average Bonchev–Trinajstić information content (AvgIpc) is 2.96. The Labute approximate surface area is 236 Å². The molecule has 0 aliphatic rings. The molecule has 232 valence electrons. The zero-order chi connectivity index (χ0) is 28.8. The largest absolute Gasteiger partial charge is 0.491 e. The molecule has 0 saturated heterocycles. The molecule has 0 fully saturated rings. The van der Waals surface area contributed by atoms with Crippen molar-refractivity contribution in [3.63, 3.8) is 0 Å². The average molecular weight is 579 g/mol. The molecule has 1 aromatic carbocycles. The van der Waals surface area contributed by atoms with Crippen molar-refractivity contribution < 1.29 is 52.3 Å². The van der Waals surface area contributed by atoms with Gasteiger partial charge in [0.2, 0.25) is 0 Å². The summed E-state index contributed by atoms with van der Waals surface area (Å²) in [6.45, 7) is 9.75. The standard InChI is InChI=1S/C26H46N2O12/c27-5-6-31-7-8-32-9-10-33-11-12-34-13-14-35-15-16-36-17-18-37-19-20-38-21-22-39-23-24-40-26-3-1-25(2-4-26)28(29)30/h1-4H,5-24,27H2. The van der Waals surface area contributed by atoms with E-state index in [0.29, 0.717) is 138 Å². The van der Waals surface area contributed by atoms with Gasteiger partial charge in [-0.1, -0.05) is 0 Å². The summed E-state index contributed by atoms with van der Waals surface area (Å²) < 4.78 is 54.0. The Morgan fingerprint density at radius 1 is 0.475 bits per heavy atom. The van der Waals surface area contributed by atoms with Gasteiger partial charge in [0.25, 0.3) is 5.69 Å². The van der Waals surface area contributed by atoms with Gasteiger partial charge in [0.05, 0.1) is 124 Å². The van der Waals surface area contributed by atoms with E-state index in [1.807, 2.05) is 0 Å². The topological polar surface area (TPSA) is 161 Å². The minimum Gasteiger partial charge on any atom is -0.491 e. The van der Waals surface area contributed by atoms with Gasteiger partial charge in [-0.2, -0.15) is 0 Å². The van der Waals surface area contributed by atoms with Crippen molar-refractivity contribution in [2.75, 3.05) is 132 Å². The number of non-ortho nitro benzene ring substituents is 1. The number of hydrogen-bond donors (Lipinski definition) is 1. The van der Waals surface area contributed by atoms with Gasteiger partial charge >= 0.3 is 0 Å². The van der Waals surface area contributed by atoms with Gasteiger partial charge in [-0.15, -0.1) is 0 Å². The predicted molar refractivity (Wildman–Crippen MR) is 145 cm³/mol. The quantitative estimate of drug-likeness (QED) is 0.0758. The van der Waals surface area contributed by atoms with E-state index < -0.39 is 4.92 Å². The van der Waals surface area contributed by atoms with Gasteiger partial charge < -0.3 is 53.1 Å². The van der Waals surface area contributed by atoms with E-state index in [1.54, 1.807) is 12.1 Å². The van der Waals surface area contributed by atoms with Crippen molar-refractivity contribution >= 4 is 5.69 Å². The molecule has 0 radical (unpaired) electrons. The van der Waals surface area contributed by atoms with Crippen molar-refractivity contribution in [1.82, 2.24) is 0 Å². The second kappa shape index (κ2) is 28.5. The van der Waals surface area contributed by atoms with Crippen LogP contribution in [0.1, 0.15) is 0 Å². The van der Waals surface area contributed by atoms with Crippen LogP contribution >= 0.6 is 0 Å².